The number of amides is 1. The molecule has 1 saturated carbocycles. The second kappa shape index (κ2) is 5.24. The van der Waals surface area contributed by atoms with Crippen molar-refractivity contribution in [2.45, 2.75) is 38.3 Å². The molecule has 1 spiro atoms. The van der Waals surface area contributed by atoms with Crippen molar-refractivity contribution < 1.29 is 24.2 Å². The van der Waals surface area contributed by atoms with Crippen LogP contribution in [-0.4, -0.2) is 48.9 Å². The SMILES string of the molecule is CCOC(=O)C(=O)NC1CC(O)C12CCOCC2. The zero-order chi connectivity index (χ0) is 13.2. The van der Waals surface area contributed by atoms with E-state index in [0.717, 1.165) is 0 Å². The molecule has 1 heterocycles. The number of rotatable bonds is 2. The smallest absolute Gasteiger partial charge is 0.396 e. The van der Waals surface area contributed by atoms with Gasteiger partial charge in [-0.05, 0) is 26.2 Å². The summed E-state index contributed by atoms with van der Waals surface area (Å²) < 4.78 is 9.91. The molecule has 0 bridgehead atoms. The second-order valence-corrected chi connectivity index (χ2v) is 4.84. The van der Waals surface area contributed by atoms with Gasteiger partial charge in [0, 0.05) is 24.7 Å². The molecule has 2 unspecified atom stereocenters. The normalized spacial score (nSPS) is 29.4. The largest absolute Gasteiger partial charge is 0.459 e. The summed E-state index contributed by atoms with van der Waals surface area (Å²) in [7, 11) is 0. The van der Waals surface area contributed by atoms with Gasteiger partial charge in [-0.1, -0.05) is 0 Å². The van der Waals surface area contributed by atoms with Crippen LogP contribution in [0.2, 0.25) is 0 Å². The first kappa shape index (κ1) is 13.3. The summed E-state index contributed by atoms with van der Waals surface area (Å²) in [6, 6.07) is -0.159. The van der Waals surface area contributed by atoms with E-state index in [-0.39, 0.29) is 18.1 Å². The fourth-order valence-electron chi connectivity index (χ4n) is 2.81. The van der Waals surface area contributed by atoms with E-state index in [2.05, 4.69) is 10.1 Å². The maximum Gasteiger partial charge on any atom is 0.396 e. The van der Waals surface area contributed by atoms with Crippen molar-refractivity contribution >= 4 is 11.9 Å². The molecule has 0 aromatic carbocycles. The maximum atomic E-state index is 11.6. The number of hydrogen-bond donors (Lipinski definition) is 2. The van der Waals surface area contributed by atoms with Crippen LogP contribution < -0.4 is 5.32 Å². The molecule has 1 saturated heterocycles. The Labute approximate surface area is 106 Å². The number of ether oxygens (including phenoxy) is 2. The second-order valence-electron chi connectivity index (χ2n) is 4.84. The number of hydrogen-bond acceptors (Lipinski definition) is 5. The summed E-state index contributed by atoms with van der Waals surface area (Å²) in [5.41, 5.74) is -0.319. The van der Waals surface area contributed by atoms with Gasteiger partial charge in [0.05, 0.1) is 12.7 Å². The standard InChI is InChI=1S/C12H19NO5/c1-2-18-11(16)10(15)13-8-7-9(14)12(8)3-5-17-6-4-12/h8-9,14H,2-7H2,1H3,(H,13,15). The van der Waals surface area contributed by atoms with Crippen LogP contribution in [0.4, 0.5) is 0 Å². The van der Waals surface area contributed by atoms with Crippen LogP contribution in [0.15, 0.2) is 0 Å². The Hall–Kier alpha value is -1.14. The van der Waals surface area contributed by atoms with Crippen molar-refractivity contribution in [3.63, 3.8) is 0 Å². The van der Waals surface area contributed by atoms with Crippen molar-refractivity contribution in [3.8, 4) is 0 Å². The molecule has 2 fully saturated rings. The van der Waals surface area contributed by atoms with Crippen molar-refractivity contribution in [2.75, 3.05) is 19.8 Å². The summed E-state index contributed by atoms with van der Waals surface area (Å²) in [6.07, 6.45) is 1.49. The van der Waals surface area contributed by atoms with Crippen LogP contribution in [0.3, 0.4) is 0 Å². The molecule has 1 aliphatic heterocycles. The molecular formula is C12H19NO5. The summed E-state index contributed by atoms with van der Waals surface area (Å²) in [4.78, 5) is 22.8. The van der Waals surface area contributed by atoms with Gasteiger partial charge in [0.2, 0.25) is 0 Å². The number of aliphatic hydroxyl groups is 1. The van der Waals surface area contributed by atoms with Gasteiger partial charge in [-0.2, -0.15) is 0 Å². The molecule has 2 N–H and O–H groups in total. The predicted octanol–water partition coefficient (Wildman–Crippen LogP) is -0.404. The first-order valence-corrected chi connectivity index (χ1v) is 6.33. The number of carbonyl (C=O) groups excluding carboxylic acids is 2. The molecule has 0 aromatic heterocycles. The van der Waals surface area contributed by atoms with Crippen LogP contribution >= 0.6 is 0 Å². The monoisotopic (exact) mass is 257 g/mol. The summed E-state index contributed by atoms with van der Waals surface area (Å²) in [5, 5.41) is 12.6. The Morgan fingerprint density at radius 2 is 2.11 bits per heavy atom. The Morgan fingerprint density at radius 1 is 1.44 bits per heavy atom. The van der Waals surface area contributed by atoms with Crippen LogP contribution in [0, 0.1) is 5.41 Å². The van der Waals surface area contributed by atoms with Crippen LogP contribution in [0.5, 0.6) is 0 Å². The molecule has 0 aromatic rings. The van der Waals surface area contributed by atoms with Crippen molar-refractivity contribution in [1.82, 2.24) is 5.32 Å². The van der Waals surface area contributed by atoms with Gasteiger partial charge in [-0.3, -0.25) is 4.79 Å². The molecule has 2 atom stereocenters. The van der Waals surface area contributed by atoms with Crippen LogP contribution in [0.1, 0.15) is 26.2 Å². The highest BCUT2D eigenvalue weighted by molar-refractivity contribution is 6.32. The highest BCUT2D eigenvalue weighted by atomic mass is 16.5. The molecule has 0 radical (unpaired) electrons. The van der Waals surface area contributed by atoms with Crippen molar-refractivity contribution in [1.29, 1.82) is 0 Å². The molecule has 1 amide bonds. The van der Waals surface area contributed by atoms with Gasteiger partial charge in [0.15, 0.2) is 0 Å². The topological polar surface area (TPSA) is 84.9 Å². The number of esters is 1. The van der Waals surface area contributed by atoms with E-state index in [1.807, 2.05) is 0 Å². The van der Waals surface area contributed by atoms with E-state index in [0.29, 0.717) is 32.5 Å². The van der Waals surface area contributed by atoms with Gasteiger partial charge < -0.3 is 19.9 Å². The zero-order valence-electron chi connectivity index (χ0n) is 10.5. The van der Waals surface area contributed by atoms with Crippen molar-refractivity contribution in [3.05, 3.63) is 0 Å². The molecule has 6 heteroatoms. The van der Waals surface area contributed by atoms with Crippen molar-refractivity contribution in [2.24, 2.45) is 5.41 Å². The summed E-state index contributed by atoms with van der Waals surface area (Å²) in [5.74, 6) is -1.58. The van der Waals surface area contributed by atoms with E-state index < -0.39 is 18.0 Å². The highest BCUT2D eigenvalue weighted by Gasteiger charge is 2.55. The van der Waals surface area contributed by atoms with Gasteiger partial charge in [-0.15, -0.1) is 0 Å². The maximum absolute atomic E-state index is 11.6. The van der Waals surface area contributed by atoms with E-state index in [1.165, 1.54) is 0 Å². The third-order valence-corrected chi connectivity index (χ3v) is 4.01. The third kappa shape index (κ3) is 2.22. The summed E-state index contributed by atoms with van der Waals surface area (Å²) >= 11 is 0. The first-order chi connectivity index (χ1) is 8.60. The minimum atomic E-state index is -0.860. The number of aliphatic hydroxyl groups excluding tert-OH is 1. The van der Waals surface area contributed by atoms with Gasteiger partial charge in [0.25, 0.3) is 0 Å². The fourth-order valence-corrected chi connectivity index (χ4v) is 2.81. The molecule has 2 rings (SSSR count). The molecule has 6 nitrogen and oxygen atoms in total. The van der Waals surface area contributed by atoms with E-state index in [1.54, 1.807) is 6.92 Å². The minimum absolute atomic E-state index is 0.159. The van der Waals surface area contributed by atoms with E-state index in [9.17, 15) is 14.7 Å². The average Bonchev–Trinajstić information content (AvgIpc) is 2.39. The highest BCUT2D eigenvalue weighted by Crippen LogP contribution is 2.48. The molecular weight excluding hydrogens is 238 g/mol. The average molecular weight is 257 g/mol. The first-order valence-electron chi connectivity index (χ1n) is 6.33. The number of nitrogens with one attached hydrogen (secondary N) is 1. The summed E-state index contributed by atoms with van der Waals surface area (Å²) in [6.45, 7) is 3.00. The Kier molecular flexibility index (Phi) is 3.87. The minimum Gasteiger partial charge on any atom is -0.459 e. The van der Waals surface area contributed by atoms with Gasteiger partial charge in [0.1, 0.15) is 0 Å². The lowest BCUT2D eigenvalue weighted by Gasteiger charge is -2.55. The zero-order valence-corrected chi connectivity index (χ0v) is 10.5. The molecule has 1 aliphatic carbocycles. The lowest BCUT2D eigenvalue weighted by atomic mass is 9.58. The predicted molar refractivity (Wildman–Crippen MR) is 61.7 cm³/mol. The van der Waals surface area contributed by atoms with E-state index in [4.69, 9.17) is 4.74 Å². The van der Waals surface area contributed by atoms with E-state index >= 15 is 0 Å². The molecule has 18 heavy (non-hydrogen) atoms. The van der Waals surface area contributed by atoms with Gasteiger partial charge >= 0.3 is 11.9 Å². The lowest BCUT2D eigenvalue weighted by molar-refractivity contribution is -0.166. The third-order valence-electron chi connectivity index (χ3n) is 4.01. The van der Waals surface area contributed by atoms with Crippen LogP contribution in [0.25, 0.3) is 0 Å². The van der Waals surface area contributed by atoms with Gasteiger partial charge in [-0.25, -0.2) is 4.79 Å². The fraction of sp³-hybridized carbons (Fsp3) is 0.833. The molecule has 102 valence electrons. The Bertz CT molecular complexity index is 337. The number of carbonyl (C=O) groups is 2. The van der Waals surface area contributed by atoms with Crippen LogP contribution in [-0.2, 0) is 19.1 Å². The Morgan fingerprint density at radius 3 is 2.67 bits per heavy atom. The lowest BCUT2D eigenvalue weighted by Crippen LogP contribution is -2.66. The molecule has 2 aliphatic rings. The Balaban J connectivity index is 1.93. The quantitative estimate of drug-likeness (QED) is 0.519.